The molecule has 0 heterocycles. The Morgan fingerprint density at radius 1 is 1.67 bits per heavy atom. The molecular formula is C8H12N2O2. The van der Waals surface area contributed by atoms with Crippen molar-refractivity contribution in [3.8, 4) is 6.07 Å². The molecule has 0 radical (unpaired) electrons. The first kappa shape index (κ1) is 10.6. The lowest BCUT2D eigenvalue weighted by atomic mass is 10.3. The second-order valence-corrected chi connectivity index (χ2v) is 2.25. The van der Waals surface area contributed by atoms with Crippen LogP contribution in [-0.2, 0) is 9.63 Å². The third kappa shape index (κ3) is 5.42. The maximum atomic E-state index is 10.0. The lowest BCUT2D eigenvalue weighted by Crippen LogP contribution is -1.97. The minimum absolute atomic E-state index is 0.216. The van der Waals surface area contributed by atoms with Crippen molar-refractivity contribution in [3.63, 3.8) is 0 Å². The molecule has 0 rings (SSSR count). The van der Waals surface area contributed by atoms with Crippen LogP contribution in [0.3, 0.4) is 0 Å². The minimum Gasteiger partial charge on any atom is -0.395 e. The zero-order chi connectivity index (χ0) is 9.23. The Kier molecular flexibility index (Phi) is 6.85. The van der Waals surface area contributed by atoms with Gasteiger partial charge in [0.25, 0.3) is 0 Å². The van der Waals surface area contributed by atoms with E-state index >= 15 is 0 Å². The Labute approximate surface area is 71.8 Å². The normalized spacial score (nSPS) is 10.5. The zero-order valence-electron chi connectivity index (χ0n) is 7.12. The molecule has 0 aliphatic carbocycles. The number of hydrogen-bond acceptors (Lipinski definition) is 4. The number of unbranched alkanes of at least 4 members (excludes halogenated alkanes) is 2. The summed E-state index contributed by atoms with van der Waals surface area (Å²) in [5.41, 5.74) is -0.216. The van der Waals surface area contributed by atoms with Gasteiger partial charge in [-0.15, -0.1) is 0 Å². The molecule has 0 unspecified atom stereocenters. The Morgan fingerprint density at radius 3 is 2.92 bits per heavy atom. The van der Waals surface area contributed by atoms with E-state index in [0.29, 0.717) is 12.9 Å². The first-order valence-corrected chi connectivity index (χ1v) is 3.90. The summed E-state index contributed by atoms with van der Waals surface area (Å²) in [5, 5.41) is 11.6. The first-order valence-electron chi connectivity index (χ1n) is 3.90. The Bertz CT molecular complexity index is 194. The largest absolute Gasteiger partial charge is 0.395 e. The fourth-order valence-electron chi connectivity index (χ4n) is 0.600. The highest BCUT2D eigenvalue weighted by Gasteiger charge is 1.92. The van der Waals surface area contributed by atoms with Crippen LogP contribution < -0.4 is 0 Å². The van der Waals surface area contributed by atoms with Gasteiger partial charge in [0.2, 0.25) is 5.71 Å². The van der Waals surface area contributed by atoms with Gasteiger partial charge in [-0.25, -0.2) is 0 Å². The van der Waals surface area contributed by atoms with E-state index in [9.17, 15) is 4.79 Å². The number of carbonyl (C=O) groups is 1. The SMILES string of the molecule is CCCCCON=C(C#N)C=O. The number of nitrogens with zero attached hydrogens (tertiary/aromatic N) is 2. The van der Waals surface area contributed by atoms with Crippen LogP contribution in [-0.4, -0.2) is 18.6 Å². The average Bonchev–Trinajstić information content (AvgIpc) is 2.11. The van der Waals surface area contributed by atoms with Gasteiger partial charge in [0.05, 0.1) is 0 Å². The Balaban J connectivity index is 3.46. The van der Waals surface area contributed by atoms with E-state index < -0.39 is 0 Å². The number of oxime groups is 1. The summed E-state index contributed by atoms with van der Waals surface area (Å²) in [5.74, 6) is 0. The second-order valence-electron chi connectivity index (χ2n) is 2.25. The molecule has 0 aromatic heterocycles. The van der Waals surface area contributed by atoms with Gasteiger partial charge in [0.15, 0.2) is 6.29 Å². The highest BCUT2D eigenvalue weighted by molar-refractivity contribution is 6.35. The molecule has 0 aromatic rings. The molecule has 0 aliphatic rings. The lowest BCUT2D eigenvalue weighted by molar-refractivity contribution is -0.102. The minimum atomic E-state index is -0.216. The number of carbonyl (C=O) groups excluding carboxylic acids is 1. The van der Waals surface area contributed by atoms with Crippen molar-refractivity contribution in [2.45, 2.75) is 26.2 Å². The van der Waals surface area contributed by atoms with Crippen LogP contribution in [0, 0.1) is 11.3 Å². The summed E-state index contributed by atoms with van der Waals surface area (Å²) in [6.07, 6.45) is 3.45. The first-order chi connectivity index (χ1) is 5.85. The molecule has 0 bridgehead atoms. The Hall–Kier alpha value is -1.37. The summed E-state index contributed by atoms with van der Waals surface area (Å²) >= 11 is 0. The molecule has 0 fully saturated rings. The van der Waals surface area contributed by atoms with Gasteiger partial charge >= 0.3 is 0 Å². The molecule has 0 aliphatic heterocycles. The summed E-state index contributed by atoms with van der Waals surface area (Å²) in [4.78, 5) is 14.7. The van der Waals surface area contributed by atoms with Gasteiger partial charge in [0.1, 0.15) is 12.7 Å². The smallest absolute Gasteiger partial charge is 0.219 e. The molecule has 0 aromatic carbocycles. The molecule has 12 heavy (non-hydrogen) atoms. The van der Waals surface area contributed by atoms with Gasteiger partial charge in [-0.05, 0) is 6.42 Å². The van der Waals surface area contributed by atoms with E-state index in [2.05, 4.69) is 12.1 Å². The number of rotatable bonds is 6. The quantitative estimate of drug-likeness (QED) is 0.259. The lowest BCUT2D eigenvalue weighted by Gasteiger charge is -1.96. The van der Waals surface area contributed by atoms with E-state index in [1.54, 1.807) is 6.07 Å². The second kappa shape index (κ2) is 7.73. The van der Waals surface area contributed by atoms with Gasteiger partial charge < -0.3 is 4.84 Å². The monoisotopic (exact) mass is 168 g/mol. The van der Waals surface area contributed by atoms with E-state index in [0.717, 1.165) is 19.3 Å². The van der Waals surface area contributed by atoms with Crippen LogP contribution in [0.2, 0.25) is 0 Å². The number of hydrogen-bond donors (Lipinski definition) is 0. The van der Waals surface area contributed by atoms with E-state index in [1.165, 1.54) is 0 Å². The molecule has 0 atom stereocenters. The van der Waals surface area contributed by atoms with Crippen molar-refractivity contribution in [1.82, 2.24) is 0 Å². The van der Waals surface area contributed by atoms with Crippen LogP contribution in [0.5, 0.6) is 0 Å². The zero-order valence-corrected chi connectivity index (χ0v) is 7.12. The molecule has 0 amide bonds. The summed E-state index contributed by atoms with van der Waals surface area (Å²) < 4.78 is 0. The highest BCUT2D eigenvalue weighted by Crippen LogP contribution is 1.94. The van der Waals surface area contributed by atoms with Gasteiger partial charge in [0, 0.05) is 0 Å². The van der Waals surface area contributed by atoms with E-state index in [-0.39, 0.29) is 5.71 Å². The predicted octanol–water partition coefficient (Wildman–Crippen LogP) is 1.27. The van der Waals surface area contributed by atoms with Crippen LogP contribution >= 0.6 is 0 Å². The maximum Gasteiger partial charge on any atom is 0.219 e. The molecule has 0 saturated carbocycles. The van der Waals surface area contributed by atoms with Crippen molar-refractivity contribution in [3.05, 3.63) is 0 Å². The summed E-state index contributed by atoms with van der Waals surface area (Å²) in [6, 6.07) is 1.60. The standard InChI is InChI=1S/C8H12N2O2/c1-2-3-4-5-12-10-8(6-9)7-11/h7H,2-5H2,1H3. The summed E-state index contributed by atoms with van der Waals surface area (Å²) in [6.45, 7) is 2.54. The molecule has 4 nitrogen and oxygen atoms in total. The molecule has 0 spiro atoms. The Morgan fingerprint density at radius 2 is 2.42 bits per heavy atom. The van der Waals surface area contributed by atoms with E-state index in [1.807, 2.05) is 0 Å². The van der Waals surface area contributed by atoms with E-state index in [4.69, 9.17) is 10.1 Å². The topological polar surface area (TPSA) is 62.4 Å². The highest BCUT2D eigenvalue weighted by atomic mass is 16.6. The van der Waals surface area contributed by atoms with Crippen molar-refractivity contribution in [2.75, 3.05) is 6.61 Å². The average molecular weight is 168 g/mol. The van der Waals surface area contributed by atoms with Gasteiger partial charge in [-0.1, -0.05) is 24.9 Å². The van der Waals surface area contributed by atoms with Crippen molar-refractivity contribution < 1.29 is 9.63 Å². The molecule has 0 saturated heterocycles. The predicted molar refractivity (Wildman–Crippen MR) is 44.6 cm³/mol. The number of nitriles is 1. The van der Waals surface area contributed by atoms with Crippen molar-refractivity contribution >= 4 is 12.0 Å². The number of aldehydes is 1. The molecular weight excluding hydrogens is 156 g/mol. The fraction of sp³-hybridized carbons (Fsp3) is 0.625. The molecule has 0 N–H and O–H groups in total. The molecule has 4 heteroatoms. The van der Waals surface area contributed by atoms with Crippen LogP contribution in [0.25, 0.3) is 0 Å². The maximum absolute atomic E-state index is 10.0. The third-order valence-electron chi connectivity index (χ3n) is 1.23. The van der Waals surface area contributed by atoms with Crippen LogP contribution in [0.4, 0.5) is 0 Å². The van der Waals surface area contributed by atoms with Crippen LogP contribution in [0.1, 0.15) is 26.2 Å². The van der Waals surface area contributed by atoms with Crippen LogP contribution in [0.15, 0.2) is 5.16 Å². The van der Waals surface area contributed by atoms with Crippen molar-refractivity contribution in [1.29, 1.82) is 5.26 Å². The van der Waals surface area contributed by atoms with Crippen molar-refractivity contribution in [2.24, 2.45) is 5.16 Å². The van der Waals surface area contributed by atoms with Gasteiger partial charge in [-0.3, -0.25) is 4.79 Å². The molecule has 66 valence electrons. The third-order valence-corrected chi connectivity index (χ3v) is 1.23. The summed E-state index contributed by atoms with van der Waals surface area (Å²) in [7, 11) is 0. The van der Waals surface area contributed by atoms with Gasteiger partial charge in [-0.2, -0.15) is 5.26 Å². The fourth-order valence-corrected chi connectivity index (χ4v) is 0.600.